The van der Waals surface area contributed by atoms with Crippen LogP contribution >= 0.6 is 0 Å². The van der Waals surface area contributed by atoms with Crippen molar-refractivity contribution in [2.24, 2.45) is 5.92 Å². The van der Waals surface area contributed by atoms with E-state index in [4.69, 9.17) is 4.74 Å². The molecule has 5 heteroatoms. The minimum atomic E-state index is 0.335. The summed E-state index contributed by atoms with van der Waals surface area (Å²) in [5.74, 6) is 2.12. The standard InChI is InChI=1S/C13H18N4O/c1-10(2)3-4-11-5-7-12(8-6-11)18-9-13-14-16-17-15-13/h5-8,10H,3-4,9H2,1-2H3,(H,14,15,16,17). The van der Waals surface area contributed by atoms with Gasteiger partial charge in [-0.3, -0.25) is 0 Å². The lowest BCUT2D eigenvalue weighted by molar-refractivity contribution is 0.296. The Morgan fingerprint density at radius 2 is 2.00 bits per heavy atom. The zero-order valence-electron chi connectivity index (χ0n) is 10.8. The van der Waals surface area contributed by atoms with Crippen LogP contribution in [0.5, 0.6) is 5.75 Å². The van der Waals surface area contributed by atoms with E-state index in [0.29, 0.717) is 12.4 Å². The number of nitrogens with one attached hydrogen (secondary N) is 1. The molecule has 0 saturated carbocycles. The van der Waals surface area contributed by atoms with Crippen molar-refractivity contribution in [3.8, 4) is 5.75 Å². The van der Waals surface area contributed by atoms with Crippen molar-refractivity contribution < 1.29 is 4.74 Å². The van der Waals surface area contributed by atoms with E-state index in [-0.39, 0.29) is 0 Å². The number of hydrogen-bond donors (Lipinski definition) is 1. The summed E-state index contributed by atoms with van der Waals surface area (Å²) in [7, 11) is 0. The molecule has 0 unspecified atom stereocenters. The number of aryl methyl sites for hydroxylation is 1. The molecule has 0 aliphatic heterocycles. The monoisotopic (exact) mass is 246 g/mol. The number of hydrogen-bond acceptors (Lipinski definition) is 4. The summed E-state index contributed by atoms with van der Waals surface area (Å²) in [6.45, 7) is 4.81. The molecule has 0 aliphatic rings. The molecule has 0 radical (unpaired) electrons. The van der Waals surface area contributed by atoms with Crippen LogP contribution in [0, 0.1) is 5.92 Å². The van der Waals surface area contributed by atoms with Gasteiger partial charge in [-0.1, -0.05) is 31.2 Å². The Morgan fingerprint density at radius 1 is 1.22 bits per heavy atom. The van der Waals surface area contributed by atoms with Crippen LogP contribution in [0.25, 0.3) is 0 Å². The molecule has 96 valence electrons. The third-order valence-corrected chi connectivity index (χ3v) is 2.69. The van der Waals surface area contributed by atoms with Crippen LogP contribution in [-0.2, 0) is 13.0 Å². The smallest absolute Gasteiger partial charge is 0.211 e. The fourth-order valence-electron chi connectivity index (χ4n) is 1.60. The van der Waals surface area contributed by atoms with E-state index < -0.39 is 0 Å². The molecule has 0 atom stereocenters. The molecule has 1 heterocycles. The molecule has 0 amide bonds. The Morgan fingerprint density at radius 3 is 2.61 bits per heavy atom. The highest BCUT2D eigenvalue weighted by Gasteiger charge is 2.01. The molecule has 0 bridgehead atoms. The first-order chi connectivity index (χ1) is 8.74. The number of H-pyrrole nitrogens is 1. The summed E-state index contributed by atoms with van der Waals surface area (Å²) >= 11 is 0. The minimum absolute atomic E-state index is 0.335. The quantitative estimate of drug-likeness (QED) is 0.849. The van der Waals surface area contributed by atoms with Crippen LogP contribution in [0.15, 0.2) is 24.3 Å². The Kier molecular flexibility index (Phi) is 4.28. The highest BCUT2D eigenvalue weighted by atomic mass is 16.5. The van der Waals surface area contributed by atoms with Crippen LogP contribution in [0.2, 0.25) is 0 Å². The van der Waals surface area contributed by atoms with Crippen LogP contribution in [-0.4, -0.2) is 20.6 Å². The first kappa shape index (κ1) is 12.5. The number of nitrogens with zero attached hydrogens (tertiary/aromatic N) is 3. The van der Waals surface area contributed by atoms with Gasteiger partial charge < -0.3 is 4.74 Å². The molecular formula is C13H18N4O. The highest BCUT2D eigenvalue weighted by Crippen LogP contribution is 2.15. The minimum Gasteiger partial charge on any atom is -0.485 e. The predicted octanol–water partition coefficient (Wildman–Crippen LogP) is 2.37. The SMILES string of the molecule is CC(C)CCc1ccc(OCc2nn[nH]n2)cc1. The van der Waals surface area contributed by atoms with Gasteiger partial charge in [-0.05, 0) is 36.5 Å². The number of aromatic amines is 1. The molecule has 2 rings (SSSR count). The van der Waals surface area contributed by atoms with Crippen molar-refractivity contribution >= 4 is 0 Å². The van der Waals surface area contributed by atoms with Crippen molar-refractivity contribution in [1.29, 1.82) is 0 Å². The fourth-order valence-corrected chi connectivity index (χ4v) is 1.60. The maximum atomic E-state index is 5.55. The van der Waals surface area contributed by atoms with Gasteiger partial charge in [0, 0.05) is 0 Å². The number of benzene rings is 1. The maximum Gasteiger partial charge on any atom is 0.211 e. The number of ether oxygens (including phenoxy) is 1. The molecule has 0 saturated heterocycles. The molecule has 5 nitrogen and oxygen atoms in total. The van der Waals surface area contributed by atoms with Gasteiger partial charge >= 0.3 is 0 Å². The predicted molar refractivity (Wildman–Crippen MR) is 68.1 cm³/mol. The summed E-state index contributed by atoms with van der Waals surface area (Å²) in [4.78, 5) is 0. The van der Waals surface area contributed by atoms with Gasteiger partial charge in [-0.25, -0.2) is 0 Å². The number of rotatable bonds is 6. The number of tetrazole rings is 1. The molecule has 0 fully saturated rings. The highest BCUT2D eigenvalue weighted by molar-refractivity contribution is 5.27. The van der Waals surface area contributed by atoms with Gasteiger partial charge in [-0.2, -0.15) is 5.21 Å². The van der Waals surface area contributed by atoms with Crippen LogP contribution in [0.3, 0.4) is 0 Å². The normalized spacial score (nSPS) is 10.8. The lowest BCUT2D eigenvalue weighted by Gasteiger charge is -2.06. The molecule has 18 heavy (non-hydrogen) atoms. The van der Waals surface area contributed by atoms with E-state index in [1.54, 1.807) is 0 Å². The summed E-state index contributed by atoms with van der Waals surface area (Å²) in [6.07, 6.45) is 2.33. The van der Waals surface area contributed by atoms with Gasteiger partial charge in [-0.15, -0.1) is 10.2 Å². The molecule has 2 aromatic rings. The first-order valence-electron chi connectivity index (χ1n) is 6.18. The average molecular weight is 246 g/mol. The van der Waals surface area contributed by atoms with E-state index >= 15 is 0 Å². The topological polar surface area (TPSA) is 63.7 Å². The molecule has 1 aromatic carbocycles. The van der Waals surface area contributed by atoms with Crippen LogP contribution in [0.1, 0.15) is 31.7 Å². The molecule has 1 aromatic heterocycles. The Bertz CT molecular complexity index is 450. The van der Waals surface area contributed by atoms with Crippen molar-refractivity contribution in [1.82, 2.24) is 20.6 Å². The second-order valence-corrected chi connectivity index (χ2v) is 4.69. The Labute approximate surface area is 107 Å². The second-order valence-electron chi connectivity index (χ2n) is 4.69. The first-order valence-corrected chi connectivity index (χ1v) is 6.18. The molecule has 1 N–H and O–H groups in total. The molecular weight excluding hydrogens is 228 g/mol. The average Bonchev–Trinajstić information content (AvgIpc) is 2.88. The van der Waals surface area contributed by atoms with Crippen molar-refractivity contribution in [2.75, 3.05) is 0 Å². The van der Waals surface area contributed by atoms with E-state index in [0.717, 1.165) is 18.1 Å². The third-order valence-electron chi connectivity index (χ3n) is 2.69. The summed E-state index contributed by atoms with van der Waals surface area (Å²) in [5.41, 5.74) is 1.34. The lowest BCUT2D eigenvalue weighted by atomic mass is 10.0. The van der Waals surface area contributed by atoms with Gasteiger partial charge in [0.25, 0.3) is 0 Å². The van der Waals surface area contributed by atoms with Crippen LogP contribution < -0.4 is 4.74 Å². The second kappa shape index (κ2) is 6.14. The van der Waals surface area contributed by atoms with Crippen molar-refractivity contribution in [2.45, 2.75) is 33.3 Å². The number of aromatic nitrogens is 4. The van der Waals surface area contributed by atoms with Crippen molar-refractivity contribution in [3.05, 3.63) is 35.7 Å². The zero-order valence-corrected chi connectivity index (χ0v) is 10.8. The maximum absolute atomic E-state index is 5.55. The van der Waals surface area contributed by atoms with Gasteiger partial charge in [0.05, 0.1) is 0 Å². The Hall–Kier alpha value is -1.91. The zero-order chi connectivity index (χ0) is 12.8. The largest absolute Gasteiger partial charge is 0.485 e. The molecule has 0 aliphatic carbocycles. The fraction of sp³-hybridized carbons (Fsp3) is 0.462. The van der Waals surface area contributed by atoms with Gasteiger partial charge in [0.2, 0.25) is 5.82 Å². The summed E-state index contributed by atoms with van der Waals surface area (Å²) in [6, 6.07) is 8.17. The summed E-state index contributed by atoms with van der Waals surface area (Å²) < 4.78 is 5.55. The molecule has 0 spiro atoms. The van der Waals surface area contributed by atoms with Gasteiger partial charge in [0.1, 0.15) is 5.75 Å². The summed E-state index contributed by atoms with van der Waals surface area (Å²) in [5, 5.41) is 13.5. The van der Waals surface area contributed by atoms with Crippen LogP contribution in [0.4, 0.5) is 0 Å². The third kappa shape index (κ3) is 3.84. The van der Waals surface area contributed by atoms with Crippen molar-refractivity contribution in [3.63, 3.8) is 0 Å². The lowest BCUT2D eigenvalue weighted by Crippen LogP contribution is -1.98. The van der Waals surface area contributed by atoms with E-state index in [2.05, 4.69) is 46.6 Å². The van der Waals surface area contributed by atoms with E-state index in [1.807, 2.05) is 12.1 Å². The van der Waals surface area contributed by atoms with E-state index in [9.17, 15) is 0 Å². The van der Waals surface area contributed by atoms with Gasteiger partial charge in [0.15, 0.2) is 6.61 Å². The van der Waals surface area contributed by atoms with E-state index in [1.165, 1.54) is 12.0 Å². The Balaban J connectivity index is 1.83.